The fraction of sp³-hybridized carbons (Fsp3) is 0.379. The standard InChI is InChI=1S/C29H34F2N2O/c30-26-12-8-23(9-13-26)28(24-10-14-27(31)15-11-24)34-21-5-4-18-33-19-16-29(22-32,17-20-33)25-6-2-1-3-7-25/h1-3,6-15,28H,4-5,16-22,32H2. The summed E-state index contributed by atoms with van der Waals surface area (Å²) in [4.78, 5) is 2.52. The third-order valence-electron chi connectivity index (χ3n) is 7.09. The van der Waals surface area contributed by atoms with Gasteiger partial charge in [-0.3, -0.25) is 0 Å². The molecule has 3 aromatic carbocycles. The van der Waals surface area contributed by atoms with Crippen LogP contribution in [0.1, 0.15) is 48.5 Å². The molecule has 0 spiro atoms. The van der Waals surface area contributed by atoms with Crippen molar-refractivity contribution in [1.29, 1.82) is 0 Å². The number of hydrogen-bond acceptors (Lipinski definition) is 3. The van der Waals surface area contributed by atoms with Crippen LogP contribution in [0.5, 0.6) is 0 Å². The van der Waals surface area contributed by atoms with E-state index in [4.69, 9.17) is 10.5 Å². The Hall–Kier alpha value is -2.60. The summed E-state index contributed by atoms with van der Waals surface area (Å²) in [6, 6.07) is 23.3. The minimum Gasteiger partial charge on any atom is -0.369 e. The molecule has 1 fully saturated rings. The minimum absolute atomic E-state index is 0.0956. The molecule has 0 bridgehead atoms. The molecule has 34 heavy (non-hydrogen) atoms. The third-order valence-corrected chi connectivity index (χ3v) is 7.09. The van der Waals surface area contributed by atoms with Crippen LogP contribution in [0, 0.1) is 11.6 Å². The van der Waals surface area contributed by atoms with E-state index in [1.165, 1.54) is 29.8 Å². The van der Waals surface area contributed by atoms with Crippen molar-refractivity contribution in [3.8, 4) is 0 Å². The Balaban J connectivity index is 1.26. The Morgan fingerprint density at radius 2 is 1.35 bits per heavy atom. The molecule has 0 saturated carbocycles. The molecule has 2 N–H and O–H groups in total. The Labute approximate surface area is 201 Å². The molecule has 0 amide bonds. The second-order valence-corrected chi connectivity index (χ2v) is 9.25. The Morgan fingerprint density at radius 1 is 0.794 bits per heavy atom. The van der Waals surface area contributed by atoms with Crippen LogP contribution in [-0.4, -0.2) is 37.7 Å². The molecule has 0 aliphatic carbocycles. The quantitative estimate of drug-likeness (QED) is 0.383. The van der Waals surface area contributed by atoms with Crippen molar-refractivity contribution in [2.24, 2.45) is 5.73 Å². The van der Waals surface area contributed by atoms with Gasteiger partial charge in [0.1, 0.15) is 17.7 Å². The van der Waals surface area contributed by atoms with E-state index in [1.54, 1.807) is 24.3 Å². The largest absolute Gasteiger partial charge is 0.369 e. The lowest BCUT2D eigenvalue weighted by atomic mass is 9.73. The number of halogens is 2. The van der Waals surface area contributed by atoms with Gasteiger partial charge in [-0.2, -0.15) is 0 Å². The maximum Gasteiger partial charge on any atom is 0.123 e. The van der Waals surface area contributed by atoms with Crippen LogP contribution in [0.2, 0.25) is 0 Å². The third kappa shape index (κ3) is 6.09. The second-order valence-electron chi connectivity index (χ2n) is 9.25. The average Bonchev–Trinajstić information content (AvgIpc) is 2.89. The van der Waals surface area contributed by atoms with Crippen LogP contribution in [0.3, 0.4) is 0 Å². The number of unbranched alkanes of at least 4 members (excludes halogenated alkanes) is 1. The van der Waals surface area contributed by atoms with Gasteiger partial charge in [0, 0.05) is 18.6 Å². The Kier molecular flexibility index (Phi) is 8.44. The molecule has 1 heterocycles. The number of ether oxygens (including phenoxy) is 1. The number of likely N-dealkylation sites (tertiary alicyclic amines) is 1. The number of nitrogens with zero attached hydrogens (tertiary/aromatic N) is 1. The summed E-state index contributed by atoms with van der Waals surface area (Å²) in [6.45, 7) is 4.43. The van der Waals surface area contributed by atoms with E-state index in [1.807, 2.05) is 0 Å². The Bertz CT molecular complexity index is 955. The summed E-state index contributed by atoms with van der Waals surface area (Å²) in [7, 11) is 0. The molecule has 3 nitrogen and oxygen atoms in total. The van der Waals surface area contributed by atoms with Crippen molar-refractivity contribution in [3.63, 3.8) is 0 Å². The first kappa shape index (κ1) is 24.5. The highest BCUT2D eigenvalue weighted by atomic mass is 19.1. The molecule has 0 radical (unpaired) electrons. The smallest absolute Gasteiger partial charge is 0.123 e. The fourth-order valence-corrected chi connectivity index (χ4v) is 4.91. The van der Waals surface area contributed by atoms with E-state index in [-0.39, 0.29) is 23.2 Å². The van der Waals surface area contributed by atoms with Crippen molar-refractivity contribution in [2.45, 2.75) is 37.2 Å². The van der Waals surface area contributed by atoms with Gasteiger partial charge >= 0.3 is 0 Å². The number of hydrogen-bond donors (Lipinski definition) is 1. The zero-order valence-corrected chi connectivity index (χ0v) is 19.6. The van der Waals surface area contributed by atoms with Gasteiger partial charge in [0.05, 0.1) is 0 Å². The summed E-state index contributed by atoms with van der Waals surface area (Å²) >= 11 is 0. The lowest BCUT2D eigenvalue weighted by Gasteiger charge is -2.41. The van der Waals surface area contributed by atoms with Crippen LogP contribution in [0.25, 0.3) is 0 Å². The van der Waals surface area contributed by atoms with E-state index in [0.717, 1.165) is 56.4 Å². The van der Waals surface area contributed by atoms with Gasteiger partial charge in [-0.05, 0) is 86.3 Å². The molecule has 0 aromatic heterocycles. The number of piperidine rings is 1. The first-order valence-corrected chi connectivity index (χ1v) is 12.2. The number of nitrogens with two attached hydrogens (primary N) is 1. The first-order valence-electron chi connectivity index (χ1n) is 12.2. The van der Waals surface area contributed by atoms with Crippen molar-refractivity contribution in [2.75, 3.05) is 32.8 Å². The zero-order valence-electron chi connectivity index (χ0n) is 19.6. The molecule has 3 aromatic rings. The van der Waals surface area contributed by atoms with Gasteiger partial charge in [-0.1, -0.05) is 54.6 Å². The van der Waals surface area contributed by atoms with Gasteiger partial charge in [0.25, 0.3) is 0 Å². The maximum absolute atomic E-state index is 13.4. The van der Waals surface area contributed by atoms with Crippen LogP contribution >= 0.6 is 0 Å². The summed E-state index contributed by atoms with van der Waals surface area (Å²) in [5.41, 5.74) is 9.40. The first-order chi connectivity index (χ1) is 16.6. The molecule has 1 aliphatic heterocycles. The van der Waals surface area contributed by atoms with Gasteiger partial charge in [0.2, 0.25) is 0 Å². The van der Waals surface area contributed by atoms with Crippen LogP contribution in [0.4, 0.5) is 8.78 Å². The molecular weight excluding hydrogens is 430 g/mol. The van der Waals surface area contributed by atoms with Crippen molar-refractivity contribution >= 4 is 0 Å². The van der Waals surface area contributed by atoms with Gasteiger partial charge in [-0.15, -0.1) is 0 Å². The van der Waals surface area contributed by atoms with Gasteiger partial charge < -0.3 is 15.4 Å². The highest BCUT2D eigenvalue weighted by molar-refractivity contribution is 5.30. The summed E-state index contributed by atoms with van der Waals surface area (Å²) in [5.74, 6) is -0.567. The second kappa shape index (κ2) is 11.7. The maximum atomic E-state index is 13.4. The van der Waals surface area contributed by atoms with Crippen LogP contribution in [0.15, 0.2) is 78.9 Å². The van der Waals surface area contributed by atoms with Gasteiger partial charge in [-0.25, -0.2) is 8.78 Å². The molecule has 0 unspecified atom stereocenters. The van der Waals surface area contributed by atoms with Crippen molar-refractivity contribution in [1.82, 2.24) is 4.90 Å². The molecular formula is C29H34F2N2O. The topological polar surface area (TPSA) is 38.5 Å². The minimum atomic E-state index is -0.341. The predicted molar refractivity (Wildman–Crippen MR) is 133 cm³/mol. The highest BCUT2D eigenvalue weighted by Crippen LogP contribution is 2.34. The van der Waals surface area contributed by atoms with E-state index in [0.29, 0.717) is 13.2 Å². The van der Waals surface area contributed by atoms with E-state index in [9.17, 15) is 8.78 Å². The van der Waals surface area contributed by atoms with Crippen molar-refractivity contribution in [3.05, 3.63) is 107 Å². The zero-order chi connectivity index (χ0) is 23.8. The number of benzene rings is 3. The van der Waals surface area contributed by atoms with E-state index < -0.39 is 0 Å². The molecule has 5 heteroatoms. The van der Waals surface area contributed by atoms with E-state index >= 15 is 0 Å². The van der Waals surface area contributed by atoms with Crippen molar-refractivity contribution < 1.29 is 13.5 Å². The summed E-state index contributed by atoms with van der Waals surface area (Å²) < 4.78 is 33.0. The van der Waals surface area contributed by atoms with Crippen LogP contribution in [-0.2, 0) is 10.2 Å². The predicted octanol–water partition coefficient (Wildman–Crippen LogP) is 5.84. The lowest BCUT2D eigenvalue weighted by Crippen LogP contribution is -2.46. The molecule has 1 aliphatic rings. The Morgan fingerprint density at radius 3 is 1.88 bits per heavy atom. The average molecular weight is 465 g/mol. The van der Waals surface area contributed by atoms with Gasteiger partial charge in [0.15, 0.2) is 0 Å². The fourth-order valence-electron chi connectivity index (χ4n) is 4.91. The SMILES string of the molecule is NCC1(c2ccccc2)CCN(CCCCOC(c2ccc(F)cc2)c2ccc(F)cc2)CC1. The molecule has 4 rings (SSSR count). The summed E-state index contributed by atoms with van der Waals surface area (Å²) in [5, 5.41) is 0. The summed E-state index contributed by atoms with van der Waals surface area (Å²) in [6.07, 6.45) is 3.80. The lowest BCUT2D eigenvalue weighted by molar-refractivity contribution is 0.0736. The molecule has 180 valence electrons. The number of rotatable bonds is 10. The highest BCUT2D eigenvalue weighted by Gasteiger charge is 2.34. The van der Waals surface area contributed by atoms with E-state index in [2.05, 4.69) is 35.2 Å². The molecule has 0 atom stereocenters. The monoisotopic (exact) mass is 464 g/mol. The normalized spacial score (nSPS) is 16.1. The molecule has 1 saturated heterocycles. The van der Waals surface area contributed by atoms with Crippen LogP contribution < -0.4 is 5.73 Å².